The summed E-state index contributed by atoms with van der Waals surface area (Å²) in [6.07, 6.45) is 0.973. The number of halogens is 6. The van der Waals surface area contributed by atoms with Gasteiger partial charge in [-0.2, -0.15) is 0 Å². The minimum absolute atomic E-state index is 0.239. The first-order chi connectivity index (χ1) is 12.6. The first kappa shape index (κ1) is 23.8. The average molecular weight is 764 g/mol. The molecule has 0 fully saturated rings. The number of phenolic OH excluding ortho intramolecular Hbond substituents is 4. The van der Waals surface area contributed by atoms with E-state index < -0.39 is 0 Å². The Bertz CT molecular complexity index is 757. The predicted molar refractivity (Wildman–Crippen MR) is 124 cm³/mol. The van der Waals surface area contributed by atoms with E-state index in [9.17, 15) is 20.4 Å². The van der Waals surface area contributed by atoms with Crippen LogP contribution in [-0.2, 0) is 17.6 Å². The van der Waals surface area contributed by atoms with Crippen molar-refractivity contribution in [1.29, 1.82) is 0 Å². The highest BCUT2D eigenvalue weighted by molar-refractivity contribution is 9.13. The highest BCUT2D eigenvalue weighted by Gasteiger charge is 2.20. The van der Waals surface area contributed by atoms with Crippen LogP contribution in [0.1, 0.15) is 11.1 Å². The molecule has 148 valence electrons. The van der Waals surface area contributed by atoms with Gasteiger partial charge in [-0.25, -0.2) is 0 Å². The fraction of sp³-hybridized carbons (Fsp3) is 0.250. The van der Waals surface area contributed by atoms with Gasteiger partial charge in [-0.05, 0) is 120 Å². The number of hydrogen-bond acceptors (Lipinski definition) is 5. The molecule has 0 amide bonds. The van der Waals surface area contributed by atoms with Gasteiger partial charge in [0, 0.05) is 8.95 Å². The zero-order chi connectivity index (χ0) is 20.5. The van der Waals surface area contributed by atoms with E-state index >= 15 is 0 Å². The van der Waals surface area contributed by atoms with Crippen molar-refractivity contribution in [3.63, 3.8) is 0 Å². The summed E-state index contributed by atoms with van der Waals surface area (Å²) in [6.45, 7) is 0.739. The van der Waals surface area contributed by atoms with E-state index in [1.54, 1.807) is 0 Å². The maximum atomic E-state index is 9.93. The third-order valence-electron chi connectivity index (χ3n) is 3.72. The molecule has 0 heterocycles. The van der Waals surface area contributed by atoms with Crippen LogP contribution in [0.2, 0.25) is 0 Å². The molecule has 2 rings (SSSR count). The molecule has 0 aromatic heterocycles. The summed E-state index contributed by atoms with van der Waals surface area (Å²) in [5, 5.41) is 39.5. The lowest BCUT2D eigenvalue weighted by molar-refractivity contribution is 0.140. The van der Waals surface area contributed by atoms with E-state index in [0.717, 1.165) is 11.1 Å². The first-order valence-corrected chi connectivity index (χ1v) is 12.1. The van der Waals surface area contributed by atoms with Gasteiger partial charge < -0.3 is 25.2 Å². The van der Waals surface area contributed by atoms with Gasteiger partial charge in [-0.3, -0.25) is 0 Å². The smallest absolute Gasteiger partial charge is 0.174 e. The normalized spacial score (nSPS) is 11.2. The second kappa shape index (κ2) is 9.99. The summed E-state index contributed by atoms with van der Waals surface area (Å²) < 4.78 is 8.48. The monoisotopic (exact) mass is 758 g/mol. The minimum atomic E-state index is -0.245. The minimum Gasteiger partial charge on any atom is -0.503 e. The Balaban J connectivity index is 2.02. The second-order valence-corrected chi connectivity index (χ2v) is 10.1. The van der Waals surface area contributed by atoms with Crippen LogP contribution in [0.25, 0.3) is 0 Å². The lowest BCUT2D eigenvalue weighted by Gasteiger charge is -2.15. The molecule has 2 aromatic carbocycles. The fourth-order valence-corrected chi connectivity index (χ4v) is 5.98. The molecule has 0 aliphatic heterocycles. The van der Waals surface area contributed by atoms with Gasteiger partial charge in [-0.15, -0.1) is 0 Å². The molecule has 0 unspecified atom stereocenters. The van der Waals surface area contributed by atoms with E-state index in [1.165, 1.54) is 0 Å². The number of ether oxygens (including phenoxy) is 1. The van der Waals surface area contributed by atoms with Crippen LogP contribution in [0.5, 0.6) is 23.0 Å². The zero-order valence-corrected chi connectivity index (χ0v) is 22.8. The van der Waals surface area contributed by atoms with Gasteiger partial charge in [0.05, 0.1) is 31.1 Å². The van der Waals surface area contributed by atoms with Crippen LogP contribution in [0.4, 0.5) is 0 Å². The highest BCUT2D eigenvalue weighted by Crippen LogP contribution is 2.48. The van der Waals surface area contributed by atoms with Crippen molar-refractivity contribution in [1.82, 2.24) is 0 Å². The first-order valence-electron chi connectivity index (χ1n) is 7.31. The summed E-state index contributed by atoms with van der Waals surface area (Å²) in [7, 11) is 0. The molecule has 27 heavy (non-hydrogen) atoms. The summed E-state index contributed by atoms with van der Waals surface area (Å²) in [5.74, 6) is -0.966. The lowest BCUT2D eigenvalue weighted by atomic mass is 10.1. The molecule has 0 radical (unpaired) electrons. The van der Waals surface area contributed by atoms with Crippen LogP contribution in [0.15, 0.2) is 26.8 Å². The Labute approximate surface area is 205 Å². The number of rotatable bonds is 6. The van der Waals surface area contributed by atoms with Gasteiger partial charge in [0.15, 0.2) is 23.0 Å². The van der Waals surface area contributed by atoms with Crippen molar-refractivity contribution in [3.8, 4) is 23.0 Å². The maximum absolute atomic E-state index is 9.93. The third kappa shape index (κ3) is 4.97. The van der Waals surface area contributed by atoms with Gasteiger partial charge in [0.1, 0.15) is 0 Å². The van der Waals surface area contributed by atoms with Crippen LogP contribution < -0.4 is 0 Å². The lowest BCUT2D eigenvalue weighted by Crippen LogP contribution is -2.05. The van der Waals surface area contributed by atoms with Crippen molar-refractivity contribution in [2.75, 3.05) is 13.2 Å². The summed E-state index contributed by atoms with van der Waals surface area (Å²) >= 11 is 19.8. The summed E-state index contributed by atoms with van der Waals surface area (Å²) in [4.78, 5) is 0. The fourth-order valence-electron chi connectivity index (χ4n) is 2.26. The highest BCUT2D eigenvalue weighted by atomic mass is 79.9. The molecule has 11 heteroatoms. The second-order valence-electron chi connectivity index (χ2n) is 5.35. The largest absolute Gasteiger partial charge is 0.503 e. The Hall–Kier alpha value is 0.480. The number of phenols is 4. The van der Waals surface area contributed by atoms with Gasteiger partial charge >= 0.3 is 0 Å². The summed E-state index contributed by atoms with van der Waals surface area (Å²) in [6, 6.07) is 0. The van der Waals surface area contributed by atoms with Crippen LogP contribution in [0, 0.1) is 0 Å². The number of hydrogen-bond donors (Lipinski definition) is 4. The summed E-state index contributed by atoms with van der Waals surface area (Å²) in [5.41, 5.74) is 1.51. The Morgan fingerprint density at radius 1 is 0.481 bits per heavy atom. The SMILES string of the molecule is Oc1c(O)c(Br)c(CCOCCc2c(Br)c(O)c(O)c(Br)c2Br)c(Br)c1Br. The molecule has 0 bridgehead atoms. The van der Waals surface area contributed by atoms with Crippen LogP contribution in [0.3, 0.4) is 0 Å². The Morgan fingerprint density at radius 2 is 0.778 bits per heavy atom. The molecule has 5 nitrogen and oxygen atoms in total. The molecular formula is C16H12Br6O5. The molecule has 0 aliphatic carbocycles. The van der Waals surface area contributed by atoms with Crippen LogP contribution >= 0.6 is 95.6 Å². The molecule has 0 atom stereocenters. The van der Waals surface area contributed by atoms with E-state index in [4.69, 9.17) is 4.74 Å². The molecular weight excluding hydrogens is 752 g/mol. The number of benzene rings is 2. The third-order valence-corrected chi connectivity index (χ3v) is 9.79. The Kier molecular flexibility index (Phi) is 8.79. The van der Waals surface area contributed by atoms with E-state index in [0.29, 0.717) is 52.9 Å². The molecule has 0 saturated carbocycles. The number of aromatic hydroxyl groups is 4. The van der Waals surface area contributed by atoms with Crippen molar-refractivity contribution in [2.45, 2.75) is 12.8 Å². The molecule has 2 aromatic rings. The van der Waals surface area contributed by atoms with Crippen LogP contribution in [-0.4, -0.2) is 33.6 Å². The van der Waals surface area contributed by atoms with Crippen molar-refractivity contribution >= 4 is 95.6 Å². The maximum Gasteiger partial charge on any atom is 0.174 e. The molecule has 0 spiro atoms. The Morgan fingerprint density at radius 3 is 1.11 bits per heavy atom. The predicted octanol–water partition coefficient (Wildman–Crippen LogP) is 6.89. The van der Waals surface area contributed by atoms with Gasteiger partial charge in [0.2, 0.25) is 0 Å². The molecule has 4 N–H and O–H groups in total. The molecule has 0 saturated heterocycles. The average Bonchev–Trinajstić information content (AvgIpc) is 2.66. The van der Waals surface area contributed by atoms with Gasteiger partial charge in [0.25, 0.3) is 0 Å². The van der Waals surface area contributed by atoms with E-state index in [-0.39, 0.29) is 23.0 Å². The van der Waals surface area contributed by atoms with E-state index in [1.807, 2.05) is 0 Å². The quantitative estimate of drug-likeness (QED) is 0.146. The topological polar surface area (TPSA) is 90.2 Å². The van der Waals surface area contributed by atoms with E-state index in [2.05, 4.69) is 95.6 Å². The molecule has 0 aliphatic rings. The van der Waals surface area contributed by atoms with Crippen molar-refractivity contribution in [2.24, 2.45) is 0 Å². The van der Waals surface area contributed by atoms with Crippen molar-refractivity contribution < 1.29 is 25.2 Å². The van der Waals surface area contributed by atoms with Crippen molar-refractivity contribution in [3.05, 3.63) is 38.0 Å². The van der Waals surface area contributed by atoms with Gasteiger partial charge in [-0.1, -0.05) is 0 Å². The zero-order valence-electron chi connectivity index (χ0n) is 13.3. The standard InChI is InChI=1S/C16H12Br6O5/c17-7-5(9(19)13(23)15(25)11(7)21)1-3-27-4-2-6-8(18)12(22)16(26)14(24)10(6)20/h23-26H,1-4H2.